The molecule has 6 aliphatic rings. The molecular weight excluding hydrogens is 1050 g/mol. The van der Waals surface area contributed by atoms with E-state index in [0.717, 1.165) is 46.3 Å². The summed E-state index contributed by atoms with van der Waals surface area (Å²) < 4.78 is 11.1. The van der Waals surface area contributed by atoms with Gasteiger partial charge in [0, 0.05) is 67.0 Å². The molecule has 3 unspecified atom stereocenters. The van der Waals surface area contributed by atoms with Gasteiger partial charge in [-0.3, -0.25) is 0 Å². The third kappa shape index (κ3) is 9.61. The first kappa shape index (κ1) is 58.8. The molecule has 2 bridgehead atoms. The fraction of sp³-hybridized carbons (Fsp3) is 0.390. The van der Waals surface area contributed by atoms with Crippen molar-refractivity contribution in [3.63, 3.8) is 0 Å². The first-order valence-electron chi connectivity index (χ1n) is 32.5. The molecule has 5 heteroatoms. The normalized spacial score (nSPS) is 19.3. The molecule has 0 fully saturated rings. The summed E-state index contributed by atoms with van der Waals surface area (Å²) in [6.45, 7) is 49.7. The third-order valence-corrected chi connectivity index (χ3v) is 20.4. The molecule has 87 heavy (non-hydrogen) atoms. The van der Waals surface area contributed by atoms with Crippen LogP contribution >= 0.6 is 0 Å². The van der Waals surface area contributed by atoms with Gasteiger partial charge in [-0.1, -0.05) is 230 Å². The van der Waals surface area contributed by atoms with Gasteiger partial charge in [0.05, 0.1) is 17.4 Å². The van der Waals surface area contributed by atoms with Crippen molar-refractivity contribution in [3.8, 4) is 0 Å². The van der Waals surface area contributed by atoms with Gasteiger partial charge in [-0.15, -0.1) is 0 Å². The molecule has 1 aromatic heterocycles. The minimum atomic E-state index is -0.519. The smallest absolute Gasteiger partial charge is 0.247 e. The van der Waals surface area contributed by atoms with Crippen molar-refractivity contribution < 1.29 is 4.74 Å². The van der Waals surface area contributed by atoms with Gasteiger partial charge >= 0.3 is 0 Å². The van der Waals surface area contributed by atoms with Crippen molar-refractivity contribution in [2.75, 3.05) is 9.80 Å². The predicted octanol–water partition coefficient (Wildman–Crippen LogP) is 21.9. The van der Waals surface area contributed by atoms with E-state index in [9.17, 15) is 0 Å². The fourth-order valence-electron chi connectivity index (χ4n) is 15.2. The first-order valence-corrected chi connectivity index (χ1v) is 32.5. The summed E-state index contributed by atoms with van der Waals surface area (Å²) in [5, 5.41) is 2.70. The van der Waals surface area contributed by atoms with Crippen LogP contribution in [0.2, 0.25) is 0 Å². The van der Waals surface area contributed by atoms with E-state index in [1.165, 1.54) is 93.9 Å². The zero-order chi connectivity index (χ0) is 62.2. The lowest BCUT2D eigenvalue weighted by Crippen LogP contribution is -2.54. The number of aromatic nitrogens is 1. The maximum atomic E-state index is 8.28. The Bertz CT molecular complexity index is 4170. The zero-order valence-corrected chi connectivity index (χ0v) is 56.3. The summed E-state index contributed by atoms with van der Waals surface area (Å²) in [7, 11) is 0. The Morgan fingerprint density at radius 2 is 1.05 bits per heavy atom. The van der Waals surface area contributed by atoms with Gasteiger partial charge in [-0.25, -0.2) is 0 Å². The fourth-order valence-corrected chi connectivity index (χ4v) is 15.2. The Kier molecular flexibility index (Phi) is 13.3. The number of ether oxygens (including phenoxy) is 1. The van der Waals surface area contributed by atoms with E-state index in [1.54, 1.807) is 0 Å². The highest BCUT2D eigenvalue weighted by atomic mass is 16.5. The molecule has 0 saturated carbocycles. The first-order chi connectivity index (χ1) is 40.6. The molecule has 0 saturated heterocycles. The minimum Gasteiger partial charge on any atom is -0.487 e. The monoisotopic (exact) mass is 1150 g/mol. The number of nitrogens with zero attached hydrogens (tertiary/aromatic N) is 3. The Morgan fingerprint density at radius 3 is 1.57 bits per heavy atom. The Labute approximate surface area is 522 Å². The van der Waals surface area contributed by atoms with Gasteiger partial charge < -0.3 is 19.1 Å². The molecule has 446 valence electrons. The second-order valence-electron chi connectivity index (χ2n) is 33.2. The summed E-state index contributed by atoms with van der Waals surface area (Å²) in [4.78, 5) is 5.13. The van der Waals surface area contributed by atoms with Crippen molar-refractivity contribution in [2.24, 2.45) is 11.3 Å². The van der Waals surface area contributed by atoms with Crippen LogP contribution in [-0.2, 0) is 37.2 Å². The van der Waals surface area contributed by atoms with Crippen LogP contribution in [0.5, 0.6) is 0 Å². The van der Waals surface area contributed by atoms with Crippen LogP contribution in [0.15, 0.2) is 186 Å². The largest absolute Gasteiger partial charge is 0.487 e. The molecule has 14 rings (SSSR count). The predicted molar refractivity (Wildman–Crippen MR) is 374 cm³/mol. The highest BCUT2D eigenvalue weighted by Gasteiger charge is 2.54. The number of fused-ring (bicyclic) bond motifs is 9. The van der Waals surface area contributed by atoms with E-state index in [2.05, 4.69) is 318 Å². The second kappa shape index (κ2) is 19.6. The van der Waals surface area contributed by atoms with Crippen LogP contribution in [0.1, 0.15) is 197 Å². The van der Waals surface area contributed by atoms with E-state index in [4.69, 9.17) is 4.74 Å². The summed E-state index contributed by atoms with van der Waals surface area (Å²) >= 11 is 0. The molecule has 3 atom stereocenters. The number of allylic oxidation sites excluding steroid dienone is 5. The second-order valence-corrected chi connectivity index (χ2v) is 33.2. The van der Waals surface area contributed by atoms with Gasteiger partial charge in [0.1, 0.15) is 11.9 Å². The average Bonchev–Trinajstić information content (AvgIpc) is 1.67. The maximum Gasteiger partial charge on any atom is 0.247 e. The summed E-state index contributed by atoms with van der Waals surface area (Å²) in [5.41, 5.74) is 26.0. The van der Waals surface area contributed by atoms with Crippen LogP contribution in [0.25, 0.3) is 27.4 Å². The molecule has 4 nitrogen and oxygen atoms in total. The summed E-state index contributed by atoms with van der Waals surface area (Å²) in [6.07, 6.45) is 5.70. The van der Waals surface area contributed by atoms with Gasteiger partial charge in [0.2, 0.25) is 6.71 Å². The van der Waals surface area contributed by atoms with Crippen LogP contribution < -0.4 is 15.3 Å². The highest BCUT2D eigenvalue weighted by Crippen LogP contribution is 2.61. The third-order valence-electron chi connectivity index (χ3n) is 20.4. The summed E-state index contributed by atoms with van der Waals surface area (Å²) in [5.74, 6) is 1.20. The average molecular weight is 1150 g/mol. The van der Waals surface area contributed by atoms with Crippen LogP contribution in [0.3, 0.4) is 0 Å². The SMILES string of the molecule is CC1C=C(C(C)(C)C)C=C2B3C4=C(OC21)C1=C(CC4n2c4ccc(C(C)(C)C)cc4c4cc(C(C)(C)C)cc3c42)c2c(N(c3ccc(C(C)(C)C)cc3)c3ccc(C(C)(C)C)cc3)cccc2N(c2ccc(C(C)(C)C)cc2)c2ccc(cc2)C1(C)C. The zero-order valence-electron chi connectivity index (χ0n) is 56.3. The number of anilines is 6. The van der Waals surface area contributed by atoms with Crippen molar-refractivity contribution in [3.05, 3.63) is 225 Å². The lowest BCUT2D eigenvalue weighted by molar-refractivity contribution is 0.113. The lowest BCUT2D eigenvalue weighted by atomic mass is 9.29. The van der Waals surface area contributed by atoms with Crippen LogP contribution in [0.4, 0.5) is 34.1 Å². The minimum absolute atomic E-state index is 0.00437. The number of rotatable bonds is 4. The van der Waals surface area contributed by atoms with Gasteiger partial charge in [0.15, 0.2) is 0 Å². The van der Waals surface area contributed by atoms with Crippen molar-refractivity contribution in [2.45, 2.75) is 196 Å². The lowest BCUT2D eigenvalue weighted by Gasteiger charge is -2.51. The Morgan fingerprint density at radius 1 is 0.540 bits per heavy atom. The van der Waals surface area contributed by atoms with Gasteiger partial charge in [-0.2, -0.15) is 0 Å². The topological polar surface area (TPSA) is 20.6 Å². The molecule has 0 radical (unpaired) electrons. The molecule has 0 N–H and O–H groups in total. The molecular formula is C82H94BN3O. The van der Waals surface area contributed by atoms with Crippen molar-refractivity contribution in [1.82, 2.24) is 4.57 Å². The molecule has 8 aromatic rings. The van der Waals surface area contributed by atoms with E-state index in [1.807, 2.05) is 0 Å². The Hall–Kier alpha value is -7.24. The van der Waals surface area contributed by atoms with Gasteiger partial charge in [0.25, 0.3) is 0 Å². The van der Waals surface area contributed by atoms with Gasteiger partial charge in [-0.05, 0) is 173 Å². The standard InChI is InChI=1S/C82H94BN3O/c1-49-43-55(80(14,15)16)47-65-74(49)87-75-71-63(48-69-72(75)83(65)64-46-56(81(17,18)19)45-62-61-44-54(79(11,12)13)33-42-66(61)86(69)73(62)64)70-67(84(57-34-25-50(26-35-57)76(2,3)4)58-36-27-51(28-37-58)77(5,6)7)23-22-24-68(70)85(59-38-29-52(30-39-59)78(8,9)10)60-40-31-53(32-41-60)82(71,20)21/h22-47,49,69,74H,48H2,1-21H3. The highest BCUT2D eigenvalue weighted by molar-refractivity contribution is 6.89. The quantitative estimate of drug-likeness (QED) is 0.164. The van der Waals surface area contributed by atoms with E-state index < -0.39 is 5.41 Å². The van der Waals surface area contributed by atoms with Crippen molar-refractivity contribution in [1.29, 1.82) is 0 Å². The number of hydrogen-bond acceptors (Lipinski definition) is 3. The van der Waals surface area contributed by atoms with Crippen molar-refractivity contribution >= 4 is 73.7 Å². The van der Waals surface area contributed by atoms with Crippen LogP contribution in [0, 0.1) is 11.3 Å². The van der Waals surface area contributed by atoms with Crippen LogP contribution in [-0.4, -0.2) is 17.4 Å². The van der Waals surface area contributed by atoms with E-state index >= 15 is 0 Å². The molecule has 7 aromatic carbocycles. The maximum absolute atomic E-state index is 8.28. The van der Waals surface area contributed by atoms with E-state index in [0.29, 0.717) is 0 Å². The van der Waals surface area contributed by atoms with E-state index in [-0.39, 0.29) is 57.3 Å². The molecule has 5 heterocycles. The Balaban J connectivity index is 1.20. The molecule has 0 amide bonds. The molecule has 0 spiro atoms. The molecule has 2 aliphatic carbocycles. The number of hydrogen-bond donors (Lipinski definition) is 0. The molecule has 4 aliphatic heterocycles. The summed E-state index contributed by atoms with van der Waals surface area (Å²) in [6, 6.07) is 57.6. The number of benzene rings is 7.